The molecule has 0 spiro atoms. The quantitative estimate of drug-likeness (QED) is 0.475. The Balaban J connectivity index is 1.49. The van der Waals surface area contributed by atoms with E-state index in [0.717, 1.165) is 40.9 Å². The van der Waals surface area contributed by atoms with Crippen molar-refractivity contribution in [3.8, 4) is 22.5 Å². The van der Waals surface area contributed by atoms with Crippen LogP contribution in [0.3, 0.4) is 0 Å². The molecule has 0 unspecified atom stereocenters. The first-order valence-corrected chi connectivity index (χ1v) is 10.8. The van der Waals surface area contributed by atoms with Gasteiger partial charge in [-0.1, -0.05) is 13.8 Å². The van der Waals surface area contributed by atoms with Crippen molar-refractivity contribution in [2.24, 2.45) is 0 Å². The maximum atomic E-state index is 10.1. The zero-order valence-electron chi connectivity index (χ0n) is 17.8. The van der Waals surface area contributed by atoms with Crippen LogP contribution < -0.4 is 0 Å². The maximum absolute atomic E-state index is 10.1. The van der Waals surface area contributed by atoms with Crippen molar-refractivity contribution in [3.05, 3.63) is 43.2 Å². The fourth-order valence-corrected chi connectivity index (χ4v) is 4.40. The van der Waals surface area contributed by atoms with Gasteiger partial charge in [0, 0.05) is 36.4 Å². The molecule has 9 nitrogen and oxygen atoms in total. The molecule has 0 saturated heterocycles. The molecule has 4 aromatic rings. The standard InChI is InChI=1S/C22H27N7O2/c1-3-17(4-2)27-12-16(10-25-27)21-20-5-6-23-29(20)13-19(26-21)15-9-24-28(11-15)18-7-22(31,8-18)14-30/h5-6,9-13,17-18,30-31H,3-4,7-8,14H2,1-2H3/t18-,22+. The van der Waals surface area contributed by atoms with Crippen LogP contribution in [0.5, 0.6) is 0 Å². The van der Waals surface area contributed by atoms with Crippen LogP contribution in [0.25, 0.3) is 28.0 Å². The van der Waals surface area contributed by atoms with Crippen LogP contribution in [0.4, 0.5) is 0 Å². The fourth-order valence-electron chi connectivity index (χ4n) is 4.40. The topological polar surface area (TPSA) is 106 Å². The van der Waals surface area contributed by atoms with Crippen molar-refractivity contribution in [2.45, 2.75) is 57.2 Å². The molecule has 9 heteroatoms. The highest BCUT2D eigenvalue weighted by Gasteiger charge is 2.43. The van der Waals surface area contributed by atoms with E-state index in [1.54, 1.807) is 12.4 Å². The SMILES string of the molecule is CCC(CC)n1cc(-c2nc(-c3cnn([C@H]4C[C@](O)(CO)C4)c3)cn3nccc23)cn1. The molecule has 5 rings (SSSR count). The molecule has 31 heavy (non-hydrogen) atoms. The number of aliphatic hydroxyl groups is 2. The monoisotopic (exact) mass is 421 g/mol. The van der Waals surface area contributed by atoms with E-state index in [2.05, 4.69) is 35.3 Å². The largest absolute Gasteiger partial charge is 0.393 e. The van der Waals surface area contributed by atoms with E-state index in [1.165, 1.54) is 0 Å². The van der Waals surface area contributed by atoms with Crippen LogP contribution in [0.1, 0.15) is 51.6 Å². The lowest BCUT2D eigenvalue weighted by Crippen LogP contribution is -2.47. The van der Waals surface area contributed by atoms with E-state index in [4.69, 9.17) is 4.98 Å². The number of nitrogens with zero attached hydrogens (tertiary/aromatic N) is 7. The average molecular weight is 422 g/mol. The van der Waals surface area contributed by atoms with Gasteiger partial charge in [0.2, 0.25) is 0 Å². The smallest absolute Gasteiger partial charge is 0.0999 e. The molecule has 2 N–H and O–H groups in total. The molecule has 4 heterocycles. The van der Waals surface area contributed by atoms with Crippen molar-refractivity contribution in [1.29, 1.82) is 0 Å². The van der Waals surface area contributed by atoms with Gasteiger partial charge in [-0.05, 0) is 18.9 Å². The van der Waals surface area contributed by atoms with Crippen molar-refractivity contribution in [3.63, 3.8) is 0 Å². The first kappa shape index (κ1) is 19.9. The molecule has 1 aliphatic carbocycles. The molecule has 1 saturated carbocycles. The van der Waals surface area contributed by atoms with E-state index in [0.29, 0.717) is 18.9 Å². The zero-order valence-corrected chi connectivity index (χ0v) is 17.8. The molecular formula is C22H27N7O2. The Morgan fingerprint density at radius 2 is 1.84 bits per heavy atom. The van der Waals surface area contributed by atoms with Crippen LogP contribution in [-0.2, 0) is 0 Å². The Hall–Kier alpha value is -3.04. The molecule has 1 aliphatic rings. The highest BCUT2D eigenvalue weighted by atomic mass is 16.3. The Bertz CT molecular complexity index is 1200. The summed E-state index contributed by atoms with van der Waals surface area (Å²) in [5.41, 5.74) is 3.38. The van der Waals surface area contributed by atoms with Gasteiger partial charge in [-0.3, -0.25) is 9.36 Å². The summed E-state index contributed by atoms with van der Waals surface area (Å²) in [7, 11) is 0. The van der Waals surface area contributed by atoms with Gasteiger partial charge in [-0.25, -0.2) is 9.50 Å². The summed E-state index contributed by atoms with van der Waals surface area (Å²) in [6.07, 6.45) is 14.4. The summed E-state index contributed by atoms with van der Waals surface area (Å²) < 4.78 is 5.70. The number of aromatic nitrogens is 7. The summed E-state index contributed by atoms with van der Waals surface area (Å²) in [5, 5.41) is 32.8. The molecule has 162 valence electrons. The number of fused-ring (bicyclic) bond motifs is 1. The summed E-state index contributed by atoms with van der Waals surface area (Å²) >= 11 is 0. The minimum atomic E-state index is -0.981. The highest BCUT2D eigenvalue weighted by Crippen LogP contribution is 2.41. The Kier molecular flexibility index (Phi) is 4.86. The van der Waals surface area contributed by atoms with Crippen LogP contribution >= 0.6 is 0 Å². The van der Waals surface area contributed by atoms with Crippen molar-refractivity contribution in [2.75, 3.05) is 6.61 Å². The fraction of sp³-hybridized carbons (Fsp3) is 0.455. The number of aliphatic hydroxyl groups excluding tert-OH is 1. The van der Waals surface area contributed by atoms with Crippen LogP contribution in [-0.4, -0.2) is 56.6 Å². The van der Waals surface area contributed by atoms with E-state index in [1.807, 2.05) is 38.5 Å². The second-order valence-electron chi connectivity index (χ2n) is 8.47. The van der Waals surface area contributed by atoms with Gasteiger partial charge in [-0.2, -0.15) is 15.3 Å². The summed E-state index contributed by atoms with van der Waals surface area (Å²) in [4.78, 5) is 4.94. The third-order valence-corrected chi connectivity index (χ3v) is 6.38. The van der Waals surface area contributed by atoms with Gasteiger partial charge >= 0.3 is 0 Å². The van der Waals surface area contributed by atoms with Crippen LogP contribution in [0, 0.1) is 0 Å². The second-order valence-corrected chi connectivity index (χ2v) is 8.47. The lowest BCUT2D eigenvalue weighted by atomic mass is 9.76. The predicted molar refractivity (Wildman–Crippen MR) is 115 cm³/mol. The first-order chi connectivity index (χ1) is 15.0. The first-order valence-electron chi connectivity index (χ1n) is 10.8. The van der Waals surface area contributed by atoms with Gasteiger partial charge in [-0.15, -0.1) is 0 Å². The van der Waals surface area contributed by atoms with E-state index >= 15 is 0 Å². The molecule has 0 bridgehead atoms. The lowest BCUT2D eigenvalue weighted by Gasteiger charge is -2.42. The molecule has 0 radical (unpaired) electrons. The van der Waals surface area contributed by atoms with Gasteiger partial charge in [0.05, 0.1) is 66.0 Å². The third kappa shape index (κ3) is 3.43. The van der Waals surface area contributed by atoms with Crippen molar-refractivity contribution < 1.29 is 10.2 Å². The van der Waals surface area contributed by atoms with Crippen LogP contribution in [0.15, 0.2) is 43.2 Å². The normalized spacial score (nSPS) is 21.1. The van der Waals surface area contributed by atoms with E-state index in [9.17, 15) is 10.2 Å². The van der Waals surface area contributed by atoms with Gasteiger partial charge in [0.25, 0.3) is 0 Å². The van der Waals surface area contributed by atoms with Crippen molar-refractivity contribution >= 4 is 5.52 Å². The third-order valence-electron chi connectivity index (χ3n) is 6.38. The van der Waals surface area contributed by atoms with Crippen LogP contribution in [0.2, 0.25) is 0 Å². The van der Waals surface area contributed by atoms with E-state index in [-0.39, 0.29) is 12.6 Å². The van der Waals surface area contributed by atoms with Gasteiger partial charge in [0.15, 0.2) is 0 Å². The maximum Gasteiger partial charge on any atom is 0.0999 e. The highest BCUT2D eigenvalue weighted by molar-refractivity contribution is 5.78. The average Bonchev–Trinajstić information content (AvgIpc) is 3.52. The van der Waals surface area contributed by atoms with Crippen molar-refractivity contribution in [1.82, 2.24) is 34.2 Å². The molecule has 4 aromatic heterocycles. The minimum absolute atomic E-state index is 0.0806. The predicted octanol–water partition coefficient (Wildman–Crippen LogP) is 2.88. The summed E-state index contributed by atoms with van der Waals surface area (Å²) in [5.74, 6) is 0. The Morgan fingerprint density at radius 1 is 1.06 bits per heavy atom. The Morgan fingerprint density at radius 3 is 2.58 bits per heavy atom. The van der Waals surface area contributed by atoms with Gasteiger partial charge in [0.1, 0.15) is 0 Å². The minimum Gasteiger partial charge on any atom is -0.393 e. The Labute approximate surface area is 180 Å². The number of hydrogen-bond acceptors (Lipinski definition) is 6. The van der Waals surface area contributed by atoms with E-state index < -0.39 is 5.60 Å². The molecule has 0 aromatic carbocycles. The zero-order chi connectivity index (χ0) is 21.6. The molecule has 0 amide bonds. The number of rotatable bonds is 7. The second kappa shape index (κ2) is 7.58. The lowest BCUT2D eigenvalue weighted by molar-refractivity contribution is -0.104. The molecule has 0 aliphatic heterocycles. The molecule has 0 atom stereocenters. The number of hydrogen-bond donors (Lipinski definition) is 2. The molecule has 1 fully saturated rings. The summed E-state index contributed by atoms with van der Waals surface area (Å²) in [6.45, 7) is 4.12. The summed E-state index contributed by atoms with van der Waals surface area (Å²) in [6, 6.07) is 2.40. The molecular weight excluding hydrogens is 394 g/mol. The van der Waals surface area contributed by atoms with Gasteiger partial charge < -0.3 is 10.2 Å².